The standard InChI is InChI=1S/C14H10O/c15-13-9-8-11-5-2-1-4-10-6-3-7-12(13)14(10)11/h1,3-9H,2H2. The maximum atomic E-state index is 11.7. The zero-order valence-electron chi connectivity index (χ0n) is 8.23. The van der Waals surface area contributed by atoms with E-state index in [9.17, 15) is 4.79 Å². The van der Waals surface area contributed by atoms with Crippen LogP contribution < -0.4 is 0 Å². The normalized spacial score (nSPS) is 17.1. The average Bonchev–Trinajstić information content (AvgIpc) is 2.47. The van der Waals surface area contributed by atoms with E-state index in [1.165, 1.54) is 5.57 Å². The van der Waals surface area contributed by atoms with Crippen LogP contribution in [0.25, 0.3) is 11.6 Å². The van der Waals surface area contributed by atoms with Crippen LogP contribution in [0.5, 0.6) is 0 Å². The molecule has 1 heteroatoms. The maximum Gasteiger partial charge on any atom is 0.186 e. The molecule has 0 bridgehead atoms. The monoisotopic (exact) mass is 194 g/mol. The number of hydrogen-bond donors (Lipinski definition) is 0. The van der Waals surface area contributed by atoms with E-state index < -0.39 is 0 Å². The summed E-state index contributed by atoms with van der Waals surface area (Å²) in [5.74, 6) is 0.110. The van der Waals surface area contributed by atoms with Crippen molar-refractivity contribution in [1.82, 2.24) is 0 Å². The summed E-state index contributed by atoms with van der Waals surface area (Å²) in [7, 11) is 0. The Morgan fingerprint density at radius 3 is 2.93 bits per heavy atom. The number of carbonyl (C=O) groups excluding carboxylic acids is 1. The van der Waals surface area contributed by atoms with E-state index in [-0.39, 0.29) is 5.78 Å². The second-order valence-electron chi connectivity index (χ2n) is 3.76. The minimum Gasteiger partial charge on any atom is -0.289 e. The van der Waals surface area contributed by atoms with Crippen molar-refractivity contribution < 1.29 is 4.79 Å². The highest BCUT2D eigenvalue weighted by Crippen LogP contribution is 2.32. The molecule has 0 spiro atoms. The van der Waals surface area contributed by atoms with Gasteiger partial charge in [-0.1, -0.05) is 42.5 Å². The fourth-order valence-electron chi connectivity index (χ4n) is 2.14. The molecule has 0 radical (unpaired) electrons. The van der Waals surface area contributed by atoms with Crippen LogP contribution in [0, 0.1) is 0 Å². The number of carbonyl (C=O) groups is 1. The minimum absolute atomic E-state index is 0.110. The van der Waals surface area contributed by atoms with Crippen molar-refractivity contribution in [2.75, 3.05) is 0 Å². The van der Waals surface area contributed by atoms with E-state index in [4.69, 9.17) is 0 Å². The molecule has 1 aromatic carbocycles. The smallest absolute Gasteiger partial charge is 0.186 e. The molecular formula is C14H10O. The summed E-state index contributed by atoms with van der Waals surface area (Å²) in [5.41, 5.74) is 4.24. The van der Waals surface area contributed by atoms with Gasteiger partial charge in [0.25, 0.3) is 0 Å². The summed E-state index contributed by atoms with van der Waals surface area (Å²) < 4.78 is 0. The van der Waals surface area contributed by atoms with Crippen LogP contribution in [-0.2, 0) is 0 Å². The number of allylic oxidation sites excluding steroid dienone is 5. The summed E-state index contributed by atoms with van der Waals surface area (Å²) in [4.78, 5) is 11.7. The summed E-state index contributed by atoms with van der Waals surface area (Å²) >= 11 is 0. The predicted molar refractivity (Wildman–Crippen MR) is 61.5 cm³/mol. The Balaban J connectivity index is 2.39. The molecule has 2 aliphatic carbocycles. The molecule has 1 aromatic rings. The number of benzene rings is 1. The van der Waals surface area contributed by atoms with Crippen LogP contribution in [-0.4, -0.2) is 5.78 Å². The van der Waals surface area contributed by atoms with Crippen molar-refractivity contribution in [2.24, 2.45) is 0 Å². The van der Waals surface area contributed by atoms with E-state index in [2.05, 4.69) is 24.3 Å². The highest BCUT2D eigenvalue weighted by molar-refractivity contribution is 6.13. The molecule has 0 atom stereocenters. The average molecular weight is 194 g/mol. The Labute approximate surface area is 88.4 Å². The van der Waals surface area contributed by atoms with Gasteiger partial charge in [0.1, 0.15) is 0 Å². The zero-order valence-corrected chi connectivity index (χ0v) is 8.23. The third-order valence-corrected chi connectivity index (χ3v) is 2.84. The second kappa shape index (κ2) is 3.06. The third kappa shape index (κ3) is 1.20. The number of hydrogen-bond acceptors (Lipinski definition) is 1. The highest BCUT2D eigenvalue weighted by atomic mass is 16.1. The molecule has 1 nitrogen and oxygen atoms in total. The number of ketones is 1. The van der Waals surface area contributed by atoms with Crippen LogP contribution in [0.15, 0.2) is 42.5 Å². The van der Waals surface area contributed by atoms with Crippen molar-refractivity contribution >= 4 is 17.4 Å². The Bertz CT molecular complexity index is 530. The van der Waals surface area contributed by atoms with Gasteiger partial charge >= 0.3 is 0 Å². The predicted octanol–water partition coefficient (Wildman–Crippen LogP) is 3.24. The molecule has 0 N–H and O–H groups in total. The fraction of sp³-hybridized carbons (Fsp3) is 0.0714. The highest BCUT2D eigenvalue weighted by Gasteiger charge is 2.18. The fourth-order valence-corrected chi connectivity index (χ4v) is 2.14. The molecule has 0 unspecified atom stereocenters. The van der Waals surface area contributed by atoms with Crippen molar-refractivity contribution in [1.29, 1.82) is 0 Å². The molecule has 0 amide bonds. The lowest BCUT2D eigenvalue weighted by atomic mass is 9.88. The van der Waals surface area contributed by atoms with Crippen LogP contribution in [0.4, 0.5) is 0 Å². The lowest BCUT2D eigenvalue weighted by Gasteiger charge is -2.14. The van der Waals surface area contributed by atoms with E-state index in [0.717, 1.165) is 23.1 Å². The van der Waals surface area contributed by atoms with Gasteiger partial charge in [-0.05, 0) is 29.2 Å². The topological polar surface area (TPSA) is 17.1 Å². The molecule has 3 rings (SSSR count). The first kappa shape index (κ1) is 8.42. The number of rotatable bonds is 0. The van der Waals surface area contributed by atoms with Gasteiger partial charge in [-0.3, -0.25) is 4.79 Å². The minimum atomic E-state index is 0.110. The molecule has 0 aliphatic heterocycles. The molecule has 2 aliphatic rings. The van der Waals surface area contributed by atoms with Crippen molar-refractivity contribution in [3.05, 3.63) is 59.2 Å². The maximum absolute atomic E-state index is 11.7. The van der Waals surface area contributed by atoms with E-state index in [1.54, 1.807) is 6.08 Å². The molecule has 0 fully saturated rings. The Morgan fingerprint density at radius 1 is 1.07 bits per heavy atom. The largest absolute Gasteiger partial charge is 0.289 e. The Morgan fingerprint density at radius 2 is 2.00 bits per heavy atom. The third-order valence-electron chi connectivity index (χ3n) is 2.84. The quantitative estimate of drug-likeness (QED) is 0.619. The summed E-state index contributed by atoms with van der Waals surface area (Å²) in [5, 5.41) is 0. The Kier molecular flexibility index (Phi) is 1.72. The molecule has 72 valence electrons. The Hall–Kier alpha value is -1.89. The van der Waals surface area contributed by atoms with Gasteiger partial charge in [0.05, 0.1) is 0 Å². The van der Waals surface area contributed by atoms with E-state index >= 15 is 0 Å². The first-order chi connectivity index (χ1) is 7.36. The summed E-state index contributed by atoms with van der Waals surface area (Å²) in [6.45, 7) is 0. The molecular weight excluding hydrogens is 184 g/mol. The molecule has 0 aromatic heterocycles. The van der Waals surface area contributed by atoms with Crippen molar-refractivity contribution in [2.45, 2.75) is 6.42 Å². The summed E-state index contributed by atoms with van der Waals surface area (Å²) in [6.07, 6.45) is 10.9. The van der Waals surface area contributed by atoms with Gasteiger partial charge in [0.2, 0.25) is 0 Å². The SMILES string of the molecule is O=C1C=CC2=CCC=Cc3cccc1c32. The van der Waals surface area contributed by atoms with Gasteiger partial charge in [-0.15, -0.1) is 0 Å². The second-order valence-corrected chi connectivity index (χ2v) is 3.76. The van der Waals surface area contributed by atoms with Crippen LogP contribution >= 0.6 is 0 Å². The molecule has 15 heavy (non-hydrogen) atoms. The first-order valence-corrected chi connectivity index (χ1v) is 5.09. The van der Waals surface area contributed by atoms with Crippen LogP contribution in [0.2, 0.25) is 0 Å². The zero-order chi connectivity index (χ0) is 10.3. The van der Waals surface area contributed by atoms with Gasteiger partial charge in [-0.2, -0.15) is 0 Å². The van der Waals surface area contributed by atoms with Crippen molar-refractivity contribution in [3.8, 4) is 0 Å². The molecule has 0 saturated carbocycles. The van der Waals surface area contributed by atoms with Crippen molar-refractivity contribution in [3.63, 3.8) is 0 Å². The van der Waals surface area contributed by atoms with E-state index in [1.807, 2.05) is 18.2 Å². The summed E-state index contributed by atoms with van der Waals surface area (Å²) in [6, 6.07) is 5.90. The molecule has 0 heterocycles. The lowest BCUT2D eigenvalue weighted by Crippen LogP contribution is -2.06. The van der Waals surface area contributed by atoms with Crippen LogP contribution in [0.1, 0.15) is 27.9 Å². The van der Waals surface area contributed by atoms with Gasteiger partial charge in [0.15, 0.2) is 5.78 Å². The van der Waals surface area contributed by atoms with Gasteiger partial charge < -0.3 is 0 Å². The first-order valence-electron chi connectivity index (χ1n) is 5.09. The van der Waals surface area contributed by atoms with Gasteiger partial charge in [-0.25, -0.2) is 0 Å². The lowest BCUT2D eigenvalue weighted by molar-refractivity contribution is 0.104. The van der Waals surface area contributed by atoms with Gasteiger partial charge in [0, 0.05) is 5.56 Å². The van der Waals surface area contributed by atoms with E-state index in [0.29, 0.717) is 0 Å². The van der Waals surface area contributed by atoms with Crippen LogP contribution in [0.3, 0.4) is 0 Å². The molecule has 0 saturated heterocycles.